The van der Waals surface area contributed by atoms with E-state index in [1.54, 1.807) is 0 Å². The molecule has 0 aromatic carbocycles. The molecule has 1 atom stereocenters. The second kappa shape index (κ2) is 3.78. The van der Waals surface area contributed by atoms with E-state index in [1.165, 1.54) is 32.2 Å². The van der Waals surface area contributed by atoms with Gasteiger partial charge < -0.3 is 0 Å². The molecule has 0 aromatic heterocycles. The normalized spacial score (nSPS) is 27.5. The van der Waals surface area contributed by atoms with Crippen molar-refractivity contribution in [2.45, 2.75) is 65.0 Å². The number of likely N-dealkylation sites (tertiary alicyclic amines) is 1. The van der Waals surface area contributed by atoms with Crippen LogP contribution >= 0.6 is 0 Å². The van der Waals surface area contributed by atoms with Crippen molar-refractivity contribution in [2.75, 3.05) is 6.54 Å². The minimum absolute atomic E-state index is 0.417. The summed E-state index contributed by atoms with van der Waals surface area (Å²) in [5.74, 6) is 0. The number of piperidine rings is 1. The molecule has 0 N–H and O–H groups in total. The molecule has 0 aliphatic carbocycles. The van der Waals surface area contributed by atoms with Crippen LogP contribution in [0.25, 0.3) is 0 Å². The first-order valence-corrected chi connectivity index (χ1v) is 5.34. The van der Waals surface area contributed by atoms with Gasteiger partial charge in [-0.2, -0.15) is 0 Å². The van der Waals surface area contributed by atoms with E-state index in [0.29, 0.717) is 5.54 Å². The van der Waals surface area contributed by atoms with Crippen LogP contribution < -0.4 is 0 Å². The van der Waals surface area contributed by atoms with Crippen molar-refractivity contribution in [1.29, 1.82) is 0 Å². The first-order valence-electron chi connectivity index (χ1n) is 5.34. The highest BCUT2D eigenvalue weighted by molar-refractivity contribution is 4.86. The Bertz CT molecular complexity index is 140. The second-order valence-electron chi connectivity index (χ2n) is 4.70. The average molecular weight is 169 g/mol. The summed E-state index contributed by atoms with van der Waals surface area (Å²) in [5, 5.41) is 0. The quantitative estimate of drug-likeness (QED) is 0.614. The topological polar surface area (TPSA) is 3.24 Å². The Morgan fingerprint density at radius 3 is 2.50 bits per heavy atom. The summed E-state index contributed by atoms with van der Waals surface area (Å²) in [4.78, 5) is 2.68. The van der Waals surface area contributed by atoms with E-state index >= 15 is 0 Å². The van der Waals surface area contributed by atoms with Gasteiger partial charge in [-0.05, 0) is 46.6 Å². The van der Waals surface area contributed by atoms with Crippen molar-refractivity contribution in [2.24, 2.45) is 0 Å². The van der Waals surface area contributed by atoms with Crippen LogP contribution in [-0.2, 0) is 0 Å². The molecular weight excluding hydrogens is 146 g/mol. The van der Waals surface area contributed by atoms with Gasteiger partial charge in [0.05, 0.1) is 0 Å². The lowest BCUT2D eigenvalue weighted by Crippen LogP contribution is -2.50. The molecule has 0 unspecified atom stereocenters. The molecule has 1 heterocycles. The van der Waals surface area contributed by atoms with Crippen LogP contribution in [0, 0.1) is 0 Å². The van der Waals surface area contributed by atoms with Gasteiger partial charge in [-0.15, -0.1) is 0 Å². The minimum Gasteiger partial charge on any atom is -0.296 e. The second-order valence-corrected chi connectivity index (χ2v) is 4.70. The molecule has 0 spiro atoms. The van der Waals surface area contributed by atoms with Gasteiger partial charge in [-0.1, -0.05) is 13.3 Å². The third kappa shape index (κ3) is 2.01. The third-order valence-corrected chi connectivity index (χ3v) is 3.45. The number of rotatable bonds is 2. The van der Waals surface area contributed by atoms with Gasteiger partial charge in [0.2, 0.25) is 0 Å². The highest BCUT2D eigenvalue weighted by Crippen LogP contribution is 2.27. The molecular formula is C11H23N. The average Bonchev–Trinajstić information content (AvgIpc) is 2.05. The van der Waals surface area contributed by atoms with E-state index < -0.39 is 0 Å². The van der Waals surface area contributed by atoms with Crippen LogP contribution in [0.1, 0.15) is 53.4 Å². The third-order valence-electron chi connectivity index (χ3n) is 3.45. The maximum Gasteiger partial charge on any atom is 0.0153 e. The Labute approximate surface area is 77.1 Å². The number of hydrogen-bond donors (Lipinski definition) is 0. The van der Waals surface area contributed by atoms with Crippen molar-refractivity contribution in [3.05, 3.63) is 0 Å². The smallest absolute Gasteiger partial charge is 0.0153 e. The van der Waals surface area contributed by atoms with Gasteiger partial charge in [0, 0.05) is 11.6 Å². The Kier molecular flexibility index (Phi) is 3.16. The Morgan fingerprint density at radius 1 is 1.33 bits per heavy atom. The predicted octanol–water partition coefficient (Wildman–Crippen LogP) is 3.05. The lowest BCUT2D eigenvalue weighted by atomic mass is 9.92. The van der Waals surface area contributed by atoms with Crippen molar-refractivity contribution < 1.29 is 0 Å². The van der Waals surface area contributed by atoms with Crippen molar-refractivity contribution in [1.82, 2.24) is 4.90 Å². The fourth-order valence-corrected chi connectivity index (χ4v) is 2.20. The van der Waals surface area contributed by atoms with Gasteiger partial charge in [0.25, 0.3) is 0 Å². The van der Waals surface area contributed by atoms with Gasteiger partial charge in [-0.25, -0.2) is 0 Å². The summed E-state index contributed by atoms with van der Waals surface area (Å²) >= 11 is 0. The summed E-state index contributed by atoms with van der Waals surface area (Å²) in [5.41, 5.74) is 0.417. The summed E-state index contributed by atoms with van der Waals surface area (Å²) in [6, 6.07) is 0.800. The summed E-state index contributed by atoms with van der Waals surface area (Å²) in [7, 11) is 0. The van der Waals surface area contributed by atoms with E-state index in [4.69, 9.17) is 0 Å². The number of hydrogen-bond acceptors (Lipinski definition) is 1. The summed E-state index contributed by atoms with van der Waals surface area (Å²) in [6.07, 6.45) is 5.48. The maximum absolute atomic E-state index is 2.68. The van der Waals surface area contributed by atoms with Crippen molar-refractivity contribution in [3.8, 4) is 0 Å². The minimum atomic E-state index is 0.417. The Balaban J connectivity index is 2.58. The standard InChI is InChI=1S/C11H23N/c1-5-11(3,4)12-9-7-6-8-10(12)2/h10H,5-9H2,1-4H3/t10-/m1/s1. The summed E-state index contributed by atoms with van der Waals surface area (Å²) < 4.78 is 0. The molecule has 1 nitrogen and oxygen atoms in total. The molecule has 1 saturated heterocycles. The van der Waals surface area contributed by atoms with Crippen molar-refractivity contribution in [3.63, 3.8) is 0 Å². The van der Waals surface area contributed by atoms with Gasteiger partial charge in [0.1, 0.15) is 0 Å². The molecule has 0 saturated carbocycles. The van der Waals surface area contributed by atoms with Crippen molar-refractivity contribution >= 4 is 0 Å². The van der Waals surface area contributed by atoms with Gasteiger partial charge >= 0.3 is 0 Å². The predicted molar refractivity (Wildman–Crippen MR) is 54.4 cm³/mol. The highest BCUT2D eigenvalue weighted by Gasteiger charge is 2.30. The van der Waals surface area contributed by atoms with Gasteiger partial charge in [0.15, 0.2) is 0 Å². The van der Waals surface area contributed by atoms with Crippen LogP contribution in [0.3, 0.4) is 0 Å². The molecule has 0 aromatic rings. The highest BCUT2D eigenvalue weighted by atomic mass is 15.2. The molecule has 72 valence electrons. The van der Waals surface area contributed by atoms with E-state index in [0.717, 1.165) is 6.04 Å². The van der Waals surface area contributed by atoms with Crippen LogP contribution in [-0.4, -0.2) is 23.0 Å². The van der Waals surface area contributed by atoms with E-state index in [9.17, 15) is 0 Å². The lowest BCUT2D eigenvalue weighted by Gasteiger charge is -2.45. The SMILES string of the molecule is CCC(C)(C)N1CCCC[C@H]1C. The molecule has 1 rings (SSSR count). The fraction of sp³-hybridized carbons (Fsp3) is 1.00. The first-order chi connectivity index (χ1) is 5.58. The zero-order chi connectivity index (χ0) is 9.19. The van der Waals surface area contributed by atoms with Crippen LogP contribution in [0.2, 0.25) is 0 Å². The Hall–Kier alpha value is -0.0400. The molecule has 1 aliphatic rings. The fourth-order valence-electron chi connectivity index (χ4n) is 2.20. The molecule has 1 heteroatoms. The van der Waals surface area contributed by atoms with E-state index in [-0.39, 0.29) is 0 Å². The molecule has 0 bridgehead atoms. The Morgan fingerprint density at radius 2 is 2.00 bits per heavy atom. The largest absolute Gasteiger partial charge is 0.296 e. The zero-order valence-electron chi connectivity index (χ0n) is 9.06. The van der Waals surface area contributed by atoms with Crippen LogP contribution in [0.15, 0.2) is 0 Å². The van der Waals surface area contributed by atoms with E-state index in [2.05, 4.69) is 32.6 Å². The first kappa shape index (κ1) is 10.0. The molecule has 0 radical (unpaired) electrons. The monoisotopic (exact) mass is 169 g/mol. The molecule has 12 heavy (non-hydrogen) atoms. The van der Waals surface area contributed by atoms with E-state index in [1.807, 2.05) is 0 Å². The van der Waals surface area contributed by atoms with Crippen LogP contribution in [0.5, 0.6) is 0 Å². The van der Waals surface area contributed by atoms with Gasteiger partial charge in [-0.3, -0.25) is 4.90 Å². The summed E-state index contributed by atoms with van der Waals surface area (Å²) in [6.45, 7) is 10.7. The molecule has 0 amide bonds. The van der Waals surface area contributed by atoms with Crippen LogP contribution in [0.4, 0.5) is 0 Å². The zero-order valence-corrected chi connectivity index (χ0v) is 9.06. The maximum atomic E-state index is 2.68. The molecule has 1 aliphatic heterocycles. The molecule has 1 fully saturated rings. The lowest BCUT2D eigenvalue weighted by molar-refractivity contribution is 0.0459. The number of nitrogens with zero attached hydrogens (tertiary/aromatic N) is 1.